The molecule has 0 radical (unpaired) electrons. The molecule has 3 aromatic carbocycles. The van der Waals surface area contributed by atoms with E-state index in [-0.39, 0.29) is 22.4 Å². The number of ether oxygens (including phenoxy) is 1. The number of carbonyl (C=O) groups is 1. The highest BCUT2D eigenvalue weighted by molar-refractivity contribution is 5.87. The highest BCUT2D eigenvalue weighted by Crippen LogP contribution is 2.32. The van der Waals surface area contributed by atoms with Crippen molar-refractivity contribution in [2.75, 3.05) is 19.7 Å². The van der Waals surface area contributed by atoms with Crippen molar-refractivity contribution in [2.24, 2.45) is 0 Å². The van der Waals surface area contributed by atoms with Gasteiger partial charge in [-0.15, -0.1) is 0 Å². The van der Waals surface area contributed by atoms with Crippen LogP contribution < -0.4 is 15.6 Å². The van der Waals surface area contributed by atoms with Gasteiger partial charge in [-0.1, -0.05) is 48.0 Å². The van der Waals surface area contributed by atoms with E-state index < -0.39 is 17.7 Å². The molecule has 9 nitrogen and oxygen atoms in total. The van der Waals surface area contributed by atoms with Gasteiger partial charge in [0.1, 0.15) is 11.5 Å². The summed E-state index contributed by atoms with van der Waals surface area (Å²) in [5.74, 6) is -0.929. The SMILES string of the molecule is Cc1ccc(C(O)(C(=O)O)c2cccc(OCCCCCNCC(O)c3ccc(O)c4[nH]c(=O)ccc34)c2)cc1. The van der Waals surface area contributed by atoms with Crippen LogP contribution in [0, 0.1) is 6.92 Å². The van der Waals surface area contributed by atoms with Gasteiger partial charge in [0.05, 0.1) is 18.2 Å². The molecule has 40 heavy (non-hydrogen) atoms. The number of aliphatic carboxylic acids is 1. The van der Waals surface area contributed by atoms with Crippen LogP contribution in [0.15, 0.2) is 77.6 Å². The summed E-state index contributed by atoms with van der Waals surface area (Å²) < 4.78 is 5.83. The van der Waals surface area contributed by atoms with E-state index in [0.717, 1.165) is 24.8 Å². The lowest BCUT2D eigenvalue weighted by Crippen LogP contribution is -2.36. The van der Waals surface area contributed by atoms with E-state index >= 15 is 0 Å². The van der Waals surface area contributed by atoms with E-state index in [1.807, 2.05) is 6.92 Å². The van der Waals surface area contributed by atoms with E-state index in [1.165, 1.54) is 12.1 Å². The van der Waals surface area contributed by atoms with E-state index in [0.29, 0.717) is 41.9 Å². The summed E-state index contributed by atoms with van der Waals surface area (Å²) in [6.07, 6.45) is 1.68. The van der Waals surface area contributed by atoms with Gasteiger partial charge in [-0.3, -0.25) is 4.79 Å². The number of unbranched alkanes of at least 4 members (excludes halogenated alkanes) is 2. The molecule has 2 atom stereocenters. The third-order valence-electron chi connectivity index (χ3n) is 6.90. The first-order valence-corrected chi connectivity index (χ1v) is 13.2. The van der Waals surface area contributed by atoms with Crippen LogP contribution in [0.4, 0.5) is 0 Å². The molecule has 210 valence electrons. The second-order valence-corrected chi connectivity index (χ2v) is 9.82. The summed E-state index contributed by atoms with van der Waals surface area (Å²) in [6.45, 7) is 3.32. The summed E-state index contributed by atoms with van der Waals surface area (Å²) in [5, 5.41) is 45.4. The highest BCUT2D eigenvalue weighted by Gasteiger charge is 2.40. The van der Waals surface area contributed by atoms with Gasteiger partial charge >= 0.3 is 5.97 Å². The molecule has 0 bridgehead atoms. The smallest absolute Gasteiger partial charge is 0.345 e. The monoisotopic (exact) mass is 546 g/mol. The predicted molar refractivity (Wildman–Crippen MR) is 152 cm³/mol. The standard InChI is InChI=1S/C31H34N2O7/c1-20-8-10-21(11-9-20)31(39,30(37)38)22-6-5-7-23(18-22)40-17-4-2-3-16-32-19-27(35)24-12-14-26(34)29-25(24)13-15-28(36)33-29/h5-15,18,27,32,34-35,39H,2-4,16-17,19H2,1H3,(H,33,36)(H,37,38). The number of phenolic OH excluding ortho intramolecular Hbond substituents is 1. The summed E-state index contributed by atoms with van der Waals surface area (Å²) in [6, 6.07) is 19.3. The summed E-state index contributed by atoms with van der Waals surface area (Å²) in [7, 11) is 0. The first kappa shape index (κ1) is 28.8. The van der Waals surface area contributed by atoms with Gasteiger partial charge in [0.25, 0.3) is 0 Å². The number of hydrogen-bond donors (Lipinski definition) is 6. The number of aliphatic hydroxyl groups excluding tert-OH is 1. The number of carboxylic acids is 1. The van der Waals surface area contributed by atoms with Gasteiger partial charge in [0, 0.05) is 23.6 Å². The van der Waals surface area contributed by atoms with Crippen molar-refractivity contribution in [3.05, 3.63) is 105 Å². The maximum atomic E-state index is 12.1. The predicted octanol–water partition coefficient (Wildman–Crippen LogP) is 3.73. The second-order valence-electron chi connectivity index (χ2n) is 9.82. The molecule has 0 aliphatic rings. The van der Waals surface area contributed by atoms with Crippen molar-refractivity contribution >= 4 is 16.9 Å². The Morgan fingerprint density at radius 2 is 1.77 bits per heavy atom. The van der Waals surface area contributed by atoms with Crippen LogP contribution in [0.3, 0.4) is 0 Å². The van der Waals surface area contributed by atoms with Crippen molar-refractivity contribution in [1.82, 2.24) is 10.3 Å². The van der Waals surface area contributed by atoms with Gasteiger partial charge in [-0.05, 0) is 68.1 Å². The van der Waals surface area contributed by atoms with Crippen molar-refractivity contribution in [2.45, 2.75) is 37.9 Å². The van der Waals surface area contributed by atoms with Crippen LogP contribution in [0.25, 0.3) is 10.9 Å². The fourth-order valence-corrected chi connectivity index (χ4v) is 4.64. The molecule has 0 aliphatic heterocycles. The van der Waals surface area contributed by atoms with Crippen LogP contribution in [0.5, 0.6) is 11.5 Å². The van der Waals surface area contributed by atoms with Gasteiger partial charge in [0.2, 0.25) is 11.2 Å². The molecule has 9 heteroatoms. The number of fused-ring (bicyclic) bond motifs is 1. The zero-order valence-corrected chi connectivity index (χ0v) is 22.3. The lowest BCUT2D eigenvalue weighted by atomic mass is 9.86. The topological polar surface area (TPSA) is 152 Å². The summed E-state index contributed by atoms with van der Waals surface area (Å²) in [5.41, 5.74) is -0.141. The third kappa shape index (κ3) is 6.51. The lowest BCUT2D eigenvalue weighted by Gasteiger charge is -2.25. The third-order valence-corrected chi connectivity index (χ3v) is 6.90. The molecule has 1 heterocycles. The first-order chi connectivity index (χ1) is 19.2. The number of benzene rings is 3. The Kier molecular flexibility index (Phi) is 9.21. The second kappa shape index (κ2) is 12.8. The Morgan fingerprint density at radius 1 is 1.00 bits per heavy atom. The molecule has 0 saturated heterocycles. The molecule has 0 saturated carbocycles. The number of aromatic hydroxyl groups is 1. The number of nitrogens with one attached hydrogen (secondary N) is 2. The van der Waals surface area contributed by atoms with E-state index in [4.69, 9.17) is 4.74 Å². The quantitative estimate of drug-likeness (QED) is 0.139. The van der Waals surface area contributed by atoms with Gasteiger partial charge in [0.15, 0.2) is 0 Å². The molecule has 4 aromatic rings. The molecule has 0 amide bonds. The number of H-pyrrole nitrogens is 1. The molecule has 1 aromatic heterocycles. The van der Waals surface area contributed by atoms with Crippen molar-refractivity contribution < 1.29 is 30.0 Å². The van der Waals surface area contributed by atoms with E-state index in [1.54, 1.807) is 60.7 Å². The molecule has 2 unspecified atom stereocenters. The Labute approximate surface area is 231 Å². The number of rotatable bonds is 13. The normalized spacial score (nSPS) is 13.6. The number of carboxylic acid groups (broad SMARTS) is 1. The average molecular weight is 547 g/mol. The first-order valence-electron chi connectivity index (χ1n) is 13.2. The number of aromatic nitrogens is 1. The molecule has 4 rings (SSSR count). The van der Waals surface area contributed by atoms with Crippen LogP contribution in [0.1, 0.15) is 47.6 Å². The number of pyridine rings is 1. The minimum Gasteiger partial charge on any atom is -0.506 e. The maximum Gasteiger partial charge on any atom is 0.345 e. The number of aromatic amines is 1. The number of phenols is 1. The maximum absolute atomic E-state index is 12.1. The van der Waals surface area contributed by atoms with E-state index in [9.17, 15) is 30.0 Å². The molecular formula is C31H34N2O7. The van der Waals surface area contributed by atoms with Crippen LogP contribution in [-0.2, 0) is 10.4 Å². The Bertz CT molecular complexity index is 1520. The Morgan fingerprint density at radius 3 is 2.52 bits per heavy atom. The molecule has 0 aliphatic carbocycles. The van der Waals surface area contributed by atoms with Crippen LogP contribution >= 0.6 is 0 Å². The summed E-state index contributed by atoms with van der Waals surface area (Å²) >= 11 is 0. The average Bonchev–Trinajstić information content (AvgIpc) is 2.94. The molecular weight excluding hydrogens is 512 g/mol. The fraction of sp³-hybridized carbons (Fsp3) is 0.290. The minimum absolute atomic E-state index is 0.0469. The number of hydrogen-bond acceptors (Lipinski definition) is 7. The van der Waals surface area contributed by atoms with Gasteiger partial charge < -0.3 is 35.5 Å². The highest BCUT2D eigenvalue weighted by atomic mass is 16.5. The molecule has 6 N–H and O–H groups in total. The van der Waals surface area contributed by atoms with Crippen molar-refractivity contribution in [1.29, 1.82) is 0 Å². The van der Waals surface area contributed by atoms with E-state index in [2.05, 4.69) is 10.3 Å². The largest absolute Gasteiger partial charge is 0.506 e. The number of aliphatic hydroxyl groups is 2. The van der Waals surface area contributed by atoms with Crippen LogP contribution in [-0.4, -0.2) is 51.1 Å². The van der Waals surface area contributed by atoms with Gasteiger partial charge in [-0.25, -0.2) is 4.79 Å². The zero-order valence-electron chi connectivity index (χ0n) is 22.3. The molecule has 0 spiro atoms. The van der Waals surface area contributed by atoms with Crippen LogP contribution in [0.2, 0.25) is 0 Å². The minimum atomic E-state index is -2.19. The number of aryl methyl sites for hydroxylation is 1. The molecule has 0 fully saturated rings. The van der Waals surface area contributed by atoms with Crippen molar-refractivity contribution in [3.63, 3.8) is 0 Å². The summed E-state index contributed by atoms with van der Waals surface area (Å²) in [4.78, 5) is 26.2. The Hall–Kier alpha value is -4.18. The zero-order chi connectivity index (χ0) is 28.7. The Balaban J connectivity index is 1.22. The fourth-order valence-electron chi connectivity index (χ4n) is 4.64. The lowest BCUT2D eigenvalue weighted by molar-refractivity contribution is -0.155. The van der Waals surface area contributed by atoms with Gasteiger partial charge in [-0.2, -0.15) is 0 Å². The van der Waals surface area contributed by atoms with Crippen molar-refractivity contribution in [3.8, 4) is 11.5 Å².